The number of hydrogen-bond acceptors (Lipinski definition) is 6. The van der Waals surface area contributed by atoms with E-state index in [1.165, 1.54) is 11.5 Å². The van der Waals surface area contributed by atoms with Crippen LogP contribution in [0.5, 0.6) is 0 Å². The molecule has 6 heteroatoms. The van der Waals surface area contributed by atoms with Gasteiger partial charge in [0, 0.05) is 31.0 Å². The zero-order valence-corrected chi connectivity index (χ0v) is 8.92. The zero-order valence-electron chi connectivity index (χ0n) is 8.10. The highest BCUT2D eigenvalue weighted by Crippen LogP contribution is 2.14. The minimum Gasteiger partial charge on any atom is -0.388 e. The van der Waals surface area contributed by atoms with Crippen LogP contribution in [0.4, 0.5) is 5.00 Å². The van der Waals surface area contributed by atoms with Crippen LogP contribution in [0.25, 0.3) is 0 Å². The first-order chi connectivity index (χ1) is 6.77. The third-order valence-electron chi connectivity index (χ3n) is 1.95. The number of nitrogens with zero attached hydrogens (tertiary/aromatic N) is 4. The Labute approximate surface area is 87.3 Å². The largest absolute Gasteiger partial charge is 0.388 e. The molecule has 0 aromatic carbocycles. The molecule has 0 atom stereocenters. The minimum atomic E-state index is 0.533. The summed E-state index contributed by atoms with van der Waals surface area (Å²) in [6.45, 7) is 4.37. The lowest BCUT2D eigenvalue weighted by molar-refractivity contribution is 0.283. The normalized spacial score (nSPS) is 10.4. The summed E-state index contributed by atoms with van der Waals surface area (Å²) in [5, 5.41) is 13.1. The Morgan fingerprint density at radius 3 is 2.93 bits per heavy atom. The summed E-state index contributed by atoms with van der Waals surface area (Å²) in [6, 6.07) is 2.12. The third kappa shape index (κ3) is 2.94. The molecule has 0 amide bonds. The van der Waals surface area contributed by atoms with Crippen LogP contribution >= 0.6 is 11.5 Å². The first-order valence-electron chi connectivity index (χ1n) is 4.44. The Kier molecular flexibility index (Phi) is 4.29. The molecule has 0 radical (unpaired) electrons. The molecule has 0 aliphatic heterocycles. The average Bonchev–Trinajstić information content (AvgIpc) is 2.59. The summed E-state index contributed by atoms with van der Waals surface area (Å²) in [5.41, 5.74) is 6.49. The Morgan fingerprint density at radius 1 is 1.64 bits per heavy atom. The van der Waals surface area contributed by atoms with Crippen molar-refractivity contribution in [2.45, 2.75) is 19.9 Å². The van der Waals surface area contributed by atoms with Crippen molar-refractivity contribution in [2.24, 2.45) is 0 Å². The summed E-state index contributed by atoms with van der Waals surface area (Å²) >= 11 is 1.21. The lowest BCUT2D eigenvalue weighted by Crippen LogP contribution is -2.24. The third-order valence-corrected chi connectivity index (χ3v) is 2.54. The van der Waals surface area contributed by atoms with Gasteiger partial charge in [0.25, 0.3) is 0 Å². The second-order valence-corrected chi connectivity index (χ2v) is 3.65. The first kappa shape index (κ1) is 10.9. The molecule has 0 fully saturated rings. The molecule has 1 aromatic heterocycles. The van der Waals surface area contributed by atoms with Crippen LogP contribution in [0.3, 0.4) is 0 Å². The van der Waals surface area contributed by atoms with Gasteiger partial charge in [0.05, 0.1) is 6.07 Å². The van der Waals surface area contributed by atoms with Crippen LogP contribution in [-0.4, -0.2) is 27.6 Å². The molecule has 0 saturated heterocycles. The highest BCUT2D eigenvalue weighted by atomic mass is 32.1. The summed E-state index contributed by atoms with van der Waals surface area (Å²) in [5.74, 6) is 0. The molecule has 0 aliphatic carbocycles. The molecule has 0 bridgehead atoms. The number of nitrogen functional groups attached to an aromatic ring is 1. The van der Waals surface area contributed by atoms with Crippen molar-refractivity contribution in [1.82, 2.24) is 14.5 Å². The predicted molar refractivity (Wildman–Crippen MR) is 55.5 cm³/mol. The van der Waals surface area contributed by atoms with Crippen LogP contribution in [-0.2, 0) is 6.54 Å². The van der Waals surface area contributed by atoms with Crippen molar-refractivity contribution in [2.75, 3.05) is 18.8 Å². The molecule has 2 N–H and O–H groups in total. The van der Waals surface area contributed by atoms with Gasteiger partial charge in [0.1, 0.15) is 10.7 Å². The van der Waals surface area contributed by atoms with Gasteiger partial charge in [-0.3, -0.25) is 4.90 Å². The maximum Gasteiger partial charge on any atom is 0.132 e. The topological polar surface area (TPSA) is 78.8 Å². The first-order valence-corrected chi connectivity index (χ1v) is 5.21. The lowest BCUT2D eigenvalue weighted by atomic mass is 10.3. The van der Waals surface area contributed by atoms with E-state index < -0.39 is 0 Å². The molecule has 1 rings (SSSR count). The molecule has 1 aromatic rings. The number of hydrogen-bond donors (Lipinski definition) is 1. The van der Waals surface area contributed by atoms with Crippen LogP contribution in [0, 0.1) is 11.3 Å². The maximum atomic E-state index is 8.46. The number of nitriles is 1. The van der Waals surface area contributed by atoms with E-state index in [0.29, 0.717) is 18.0 Å². The van der Waals surface area contributed by atoms with Crippen molar-refractivity contribution in [3.63, 3.8) is 0 Å². The molecular formula is C8H13N5S. The second-order valence-electron chi connectivity index (χ2n) is 2.86. The van der Waals surface area contributed by atoms with Gasteiger partial charge >= 0.3 is 0 Å². The standard InChI is InChI=1S/C8H13N5S/c1-2-13(5-3-4-9)6-7-8(10)14-12-11-7/h2-3,5-6,10H2,1H3. The maximum absolute atomic E-state index is 8.46. The Bertz CT molecular complexity index is 316. The highest BCUT2D eigenvalue weighted by molar-refractivity contribution is 7.09. The summed E-state index contributed by atoms with van der Waals surface area (Å²) in [6.07, 6.45) is 0.533. The van der Waals surface area contributed by atoms with Crippen molar-refractivity contribution < 1.29 is 0 Å². The summed E-state index contributed by atoms with van der Waals surface area (Å²) in [4.78, 5) is 2.12. The fourth-order valence-electron chi connectivity index (χ4n) is 1.09. The number of aromatic nitrogens is 2. The molecule has 0 spiro atoms. The number of rotatable bonds is 5. The molecule has 14 heavy (non-hydrogen) atoms. The van der Waals surface area contributed by atoms with Crippen molar-refractivity contribution >= 4 is 16.5 Å². The lowest BCUT2D eigenvalue weighted by Gasteiger charge is -2.17. The Hall–Kier alpha value is -1.19. The van der Waals surface area contributed by atoms with Crippen LogP contribution in [0.1, 0.15) is 19.0 Å². The molecule has 5 nitrogen and oxygen atoms in total. The summed E-state index contributed by atoms with van der Waals surface area (Å²) < 4.78 is 3.76. The molecule has 0 unspecified atom stereocenters. The van der Waals surface area contributed by atoms with E-state index in [9.17, 15) is 0 Å². The zero-order chi connectivity index (χ0) is 10.4. The monoisotopic (exact) mass is 211 g/mol. The van der Waals surface area contributed by atoms with Crippen LogP contribution in [0.2, 0.25) is 0 Å². The van der Waals surface area contributed by atoms with E-state index >= 15 is 0 Å². The molecular weight excluding hydrogens is 198 g/mol. The Morgan fingerprint density at radius 2 is 2.43 bits per heavy atom. The van der Waals surface area contributed by atoms with E-state index in [1.807, 2.05) is 6.92 Å². The fourth-order valence-corrected chi connectivity index (χ4v) is 1.53. The van der Waals surface area contributed by atoms with Gasteiger partial charge in [-0.2, -0.15) is 5.26 Å². The van der Waals surface area contributed by atoms with E-state index in [2.05, 4.69) is 20.6 Å². The van der Waals surface area contributed by atoms with Gasteiger partial charge in [-0.05, 0) is 6.54 Å². The molecule has 76 valence electrons. The molecule has 0 saturated carbocycles. The van der Waals surface area contributed by atoms with E-state index in [1.54, 1.807) is 0 Å². The smallest absolute Gasteiger partial charge is 0.132 e. The minimum absolute atomic E-state index is 0.533. The van der Waals surface area contributed by atoms with Gasteiger partial charge in [-0.1, -0.05) is 11.4 Å². The van der Waals surface area contributed by atoms with Crippen molar-refractivity contribution in [1.29, 1.82) is 5.26 Å². The SMILES string of the molecule is CCN(CCC#N)Cc1nnsc1N. The average molecular weight is 211 g/mol. The van der Waals surface area contributed by atoms with E-state index in [4.69, 9.17) is 11.0 Å². The van der Waals surface area contributed by atoms with E-state index in [-0.39, 0.29) is 0 Å². The van der Waals surface area contributed by atoms with Crippen LogP contribution in [0.15, 0.2) is 0 Å². The van der Waals surface area contributed by atoms with Crippen LogP contribution < -0.4 is 5.73 Å². The molecule has 1 heterocycles. The van der Waals surface area contributed by atoms with Gasteiger partial charge in [-0.25, -0.2) is 0 Å². The predicted octanol–water partition coefficient (Wildman–Crippen LogP) is 0.856. The molecule has 0 aliphatic rings. The fraction of sp³-hybridized carbons (Fsp3) is 0.625. The van der Waals surface area contributed by atoms with Gasteiger partial charge in [-0.15, -0.1) is 5.10 Å². The van der Waals surface area contributed by atoms with Crippen molar-refractivity contribution in [3.05, 3.63) is 5.69 Å². The summed E-state index contributed by atoms with van der Waals surface area (Å²) in [7, 11) is 0. The Balaban J connectivity index is 2.49. The van der Waals surface area contributed by atoms with Gasteiger partial charge < -0.3 is 5.73 Å². The second kappa shape index (κ2) is 5.52. The number of nitrogens with two attached hydrogens (primary N) is 1. The van der Waals surface area contributed by atoms with Gasteiger partial charge in [0.15, 0.2) is 0 Å². The van der Waals surface area contributed by atoms with E-state index in [0.717, 1.165) is 18.8 Å². The number of anilines is 1. The highest BCUT2D eigenvalue weighted by Gasteiger charge is 2.09. The van der Waals surface area contributed by atoms with Gasteiger partial charge in [0.2, 0.25) is 0 Å². The van der Waals surface area contributed by atoms with Crippen molar-refractivity contribution in [3.8, 4) is 6.07 Å². The quantitative estimate of drug-likeness (QED) is 0.781.